The van der Waals surface area contributed by atoms with E-state index in [2.05, 4.69) is 5.16 Å². The van der Waals surface area contributed by atoms with E-state index < -0.39 is 0 Å². The van der Waals surface area contributed by atoms with E-state index in [1.165, 1.54) is 0 Å². The highest BCUT2D eigenvalue weighted by Crippen LogP contribution is 2.18. The summed E-state index contributed by atoms with van der Waals surface area (Å²) in [6.07, 6.45) is 1.58. The number of carbonyl (C=O) groups is 1. The number of urea groups is 1. The van der Waals surface area contributed by atoms with E-state index in [-0.39, 0.29) is 11.9 Å². The fourth-order valence-electron chi connectivity index (χ4n) is 1.96. The first-order valence-corrected chi connectivity index (χ1v) is 5.84. The fraction of sp³-hybridized carbons (Fsp3) is 0.818. The van der Waals surface area contributed by atoms with E-state index in [1.54, 1.807) is 11.9 Å². The molecule has 0 spiro atoms. The van der Waals surface area contributed by atoms with Gasteiger partial charge in [-0.15, -0.1) is 0 Å². The molecule has 1 saturated heterocycles. The van der Waals surface area contributed by atoms with Gasteiger partial charge in [-0.05, 0) is 13.3 Å². The van der Waals surface area contributed by atoms with Gasteiger partial charge in [-0.2, -0.15) is 0 Å². The zero-order valence-electron chi connectivity index (χ0n) is 10.3. The van der Waals surface area contributed by atoms with Gasteiger partial charge in [-0.1, -0.05) is 12.1 Å². The predicted octanol–water partition coefficient (Wildman–Crippen LogP) is 1.62. The van der Waals surface area contributed by atoms with Gasteiger partial charge in [0.15, 0.2) is 0 Å². The summed E-state index contributed by atoms with van der Waals surface area (Å²) >= 11 is 0. The van der Waals surface area contributed by atoms with E-state index in [9.17, 15) is 4.79 Å². The van der Waals surface area contributed by atoms with Crippen LogP contribution in [-0.2, 0) is 0 Å². The lowest BCUT2D eigenvalue weighted by atomic mass is 9.93. The zero-order valence-corrected chi connectivity index (χ0v) is 10.3. The van der Waals surface area contributed by atoms with Gasteiger partial charge in [0.05, 0.1) is 5.71 Å². The zero-order chi connectivity index (χ0) is 12.1. The molecule has 5 heteroatoms. The molecular weight excluding hydrogens is 206 g/mol. The molecule has 1 aliphatic heterocycles. The maximum absolute atomic E-state index is 11.9. The van der Waals surface area contributed by atoms with Crippen molar-refractivity contribution in [1.29, 1.82) is 0 Å². The quantitative estimate of drug-likeness (QED) is 0.575. The molecule has 1 N–H and O–H groups in total. The first kappa shape index (κ1) is 12.8. The summed E-state index contributed by atoms with van der Waals surface area (Å²) in [6.45, 7) is 6.04. The maximum atomic E-state index is 11.9. The molecule has 1 atom stereocenters. The molecule has 1 fully saturated rings. The van der Waals surface area contributed by atoms with Crippen LogP contribution in [-0.4, -0.2) is 53.4 Å². The normalized spacial score (nSPS) is 23.6. The summed E-state index contributed by atoms with van der Waals surface area (Å²) in [5.74, 6) is 0.202. The van der Waals surface area contributed by atoms with Crippen molar-refractivity contribution >= 4 is 11.7 Å². The van der Waals surface area contributed by atoms with E-state index >= 15 is 0 Å². The van der Waals surface area contributed by atoms with Crippen LogP contribution in [0.2, 0.25) is 0 Å². The lowest BCUT2D eigenvalue weighted by molar-refractivity contribution is 0.156. The highest BCUT2D eigenvalue weighted by atomic mass is 16.4. The van der Waals surface area contributed by atoms with Gasteiger partial charge in [0.25, 0.3) is 0 Å². The molecule has 0 aliphatic carbocycles. The number of hydrogen-bond acceptors (Lipinski definition) is 3. The number of rotatable bonds is 2. The highest BCUT2D eigenvalue weighted by molar-refractivity contribution is 5.89. The predicted molar refractivity (Wildman–Crippen MR) is 62.9 cm³/mol. The van der Waals surface area contributed by atoms with Crippen LogP contribution < -0.4 is 0 Å². The molecule has 2 amide bonds. The summed E-state index contributed by atoms with van der Waals surface area (Å²) in [4.78, 5) is 15.5. The molecule has 1 unspecified atom stereocenters. The average molecular weight is 227 g/mol. The number of nitrogens with zero attached hydrogens (tertiary/aromatic N) is 3. The molecule has 0 aromatic heterocycles. The Morgan fingerprint density at radius 1 is 1.62 bits per heavy atom. The van der Waals surface area contributed by atoms with Crippen LogP contribution in [0.1, 0.15) is 26.7 Å². The summed E-state index contributed by atoms with van der Waals surface area (Å²) in [6, 6.07) is 0.0675. The smallest absolute Gasteiger partial charge is 0.319 e. The van der Waals surface area contributed by atoms with E-state index in [4.69, 9.17) is 5.21 Å². The number of hydrogen-bond donors (Lipinski definition) is 1. The van der Waals surface area contributed by atoms with Gasteiger partial charge in [0, 0.05) is 39.0 Å². The van der Waals surface area contributed by atoms with Crippen molar-refractivity contribution in [2.24, 2.45) is 11.1 Å². The van der Waals surface area contributed by atoms with Crippen molar-refractivity contribution in [3.8, 4) is 0 Å². The molecule has 92 valence electrons. The summed E-state index contributed by atoms with van der Waals surface area (Å²) < 4.78 is 0. The molecule has 1 aliphatic rings. The second-order valence-corrected chi connectivity index (χ2v) is 4.19. The molecule has 0 bridgehead atoms. The van der Waals surface area contributed by atoms with Crippen molar-refractivity contribution in [2.75, 3.05) is 26.7 Å². The molecule has 0 saturated carbocycles. The first-order valence-electron chi connectivity index (χ1n) is 5.84. The minimum Gasteiger partial charge on any atom is -0.411 e. The van der Waals surface area contributed by atoms with Crippen molar-refractivity contribution in [3.63, 3.8) is 0 Å². The Hall–Kier alpha value is -1.26. The minimum absolute atomic E-state index is 0.0675. The van der Waals surface area contributed by atoms with Gasteiger partial charge >= 0.3 is 6.03 Å². The van der Waals surface area contributed by atoms with Crippen molar-refractivity contribution < 1.29 is 10.0 Å². The van der Waals surface area contributed by atoms with Crippen LogP contribution >= 0.6 is 0 Å². The average Bonchev–Trinajstić information content (AvgIpc) is 2.35. The third-order valence-corrected chi connectivity index (χ3v) is 3.24. The van der Waals surface area contributed by atoms with Crippen LogP contribution in [0.3, 0.4) is 0 Å². The molecule has 0 radical (unpaired) electrons. The fourth-order valence-corrected chi connectivity index (χ4v) is 1.96. The summed E-state index contributed by atoms with van der Waals surface area (Å²) in [5, 5.41) is 12.2. The van der Waals surface area contributed by atoms with Gasteiger partial charge in [0.1, 0.15) is 0 Å². The van der Waals surface area contributed by atoms with Gasteiger partial charge in [0.2, 0.25) is 0 Å². The minimum atomic E-state index is 0.0675. The van der Waals surface area contributed by atoms with E-state index in [0.717, 1.165) is 12.1 Å². The summed E-state index contributed by atoms with van der Waals surface area (Å²) in [5.41, 5.74) is 0.825. The van der Waals surface area contributed by atoms with Crippen molar-refractivity contribution in [3.05, 3.63) is 0 Å². The van der Waals surface area contributed by atoms with E-state index in [1.807, 2.05) is 18.7 Å². The Bertz CT molecular complexity index is 278. The largest absolute Gasteiger partial charge is 0.411 e. The molecule has 1 heterocycles. The van der Waals surface area contributed by atoms with Crippen LogP contribution in [0.5, 0.6) is 0 Å². The monoisotopic (exact) mass is 227 g/mol. The third kappa shape index (κ3) is 2.65. The Balaban J connectivity index is 2.64. The molecule has 1 rings (SSSR count). The number of amides is 2. The molecule has 5 nitrogen and oxygen atoms in total. The van der Waals surface area contributed by atoms with Crippen molar-refractivity contribution in [1.82, 2.24) is 9.80 Å². The first-order chi connectivity index (χ1) is 7.63. The van der Waals surface area contributed by atoms with Crippen LogP contribution in [0.15, 0.2) is 5.16 Å². The lowest BCUT2D eigenvalue weighted by Gasteiger charge is -2.35. The number of piperidine rings is 1. The number of carbonyl (C=O) groups excluding carboxylic acids is 1. The Kier molecular flexibility index (Phi) is 4.58. The van der Waals surface area contributed by atoms with Gasteiger partial charge in [-0.3, -0.25) is 0 Å². The topological polar surface area (TPSA) is 56.1 Å². The van der Waals surface area contributed by atoms with Gasteiger partial charge in [-0.25, -0.2) is 4.79 Å². The third-order valence-electron chi connectivity index (χ3n) is 3.24. The van der Waals surface area contributed by atoms with E-state index in [0.29, 0.717) is 26.1 Å². The second kappa shape index (κ2) is 5.72. The Labute approximate surface area is 96.7 Å². The second-order valence-electron chi connectivity index (χ2n) is 4.19. The molecule has 0 aromatic carbocycles. The molecule has 0 aromatic rings. The maximum Gasteiger partial charge on any atom is 0.319 e. The van der Waals surface area contributed by atoms with Gasteiger partial charge < -0.3 is 15.0 Å². The standard InChI is InChI=1S/C11H21N3O2/c1-4-9-8-14(7-6-10(9)12-16)11(15)13(3)5-2/h9,16H,4-8H2,1-3H3. The number of oxime groups is 1. The Morgan fingerprint density at radius 2 is 2.31 bits per heavy atom. The van der Waals surface area contributed by atoms with Crippen LogP contribution in [0.25, 0.3) is 0 Å². The molecule has 16 heavy (non-hydrogen) atoms. The van der Waals surface area contributed by atoms with Crippen LogP contribution in [0.4, 0.5) is 4.79 Å². The number of likely N-dealkylation sites (tertiary alicyclic amines) is 1. The summed E-state index contributed by atoms with van der Waals surface area (Å²) in [7, 11) is 1.80. The Morgan fingerprint density at radius 3 is 2.81 bits per heavy atom. The molecular formula is C11H21N3O2. The highest BCUT2D eigenvalue weighted by Gasteiger charge is 2.28. The van der Waals surface area contributed by atoms with Crippen LogP contribution in [0, 0.1) is 5.92 Å². The lowest BCUT2D eigenvalue weighted by Crippen LogP contribution is -2.48. The van der Waals surface area contributed by atoms with Crippen molar-refractivity contribution in [2.45, 2.75) is 26.7 Å². The SMILES string of the molecule is CCC1CN(C(=O)N(C)CC)CCC1=NO.